The maximum absolute atomic E-state index is 12.9. The topological polar surface area (TPSA) is 64.4 Å². The molecule has 0 fully saturated rings. The molecule has 2 rings (SSSR count). The molecule has 0 unspecified atom stereocenters. The van der Waals surface area contributed by atoms with E-state index in [9.17, 15) is 13.2 Å². The van der Waals surface area contributed by atoms with Crippen LogP contribution in [0.25, 0.3) is 0 Å². The molecule has 0 amide bonds. The van der Waals surface area contributed by atoms with Crippen LogP contribution in [0.15, 0.2) is 23.3 Å². The summed E-state index contributed by atoms with van der Waals surface area (Å²) >= 11 is 4.78. The highest BCUT2D eigenvalue weighted by Crippen LogP contribution is 2.29. The summed E-state index contributed by atoms with van der Waals surface area (Å²) in [5, 5.41) is 9.01. The molecule has 1 N–H and O–H groups in total. The number of hydrogen-bond acceptors (Lipinski definition) is 5. The van der Waals surface area contributed by atoms with Gasteiger partial charge in [0.15, 0.2) is 11.5 Å². The second-order valence-electron chi connectivity index (χ2n) is 5.85. The predicted octanol–water partition coefficient (Wildman–Crippen LogP) is 4.28. The fourth-order valence-corrected chi connectivity index (χ4v) is 2.17. The van der Waals surface area contributed by atoms with Crippen molar-refractivity contribution in [3.05, 3.63) is 34.4 Å². The normalized spacial score (nSPS) is 12.1. The summed E-state index contributed by atoms with van der Waals surface area (Å²) in [5.74, 6) is 0.305. The Kier molecular flexibility index (Phi) is 6.41. The molecule has 142 valence electrons. The number of aromatic amines is 1. The van der Waals surface area contributed by atoms with E-state index in [-0.39, 0.29) is 4.77 Å². The van der Waals surface area contributed by atoms with Crippen LogP contribution < -0.4 is 9.47 Å². The lowest BCUT2D eigenvalue weighted by molar-refractivity contribution is -0.147. The third-order valence-corrected chi connectivity index (χ3v) is 3.63. The number of rotatable bonds is 7. The SMILES string of the molecule is COc1cc(/C=N\n2c(C(F)(F)F)n[nH]c2=S)ccc1OCCC(C)C. The highest BCUT2D eigenvalue weighted by molar-refractivity contribution is 7.71. The van der Waals surface area contributed by atoms with E-state index in [1.807, 2.05) is 0 Å². The van der Waals surface area contributed by atoms with Gasteiger partial charge in [0.1, 0.15) is 0 Å². The smallest absolute Gasteiger partial charge is 0.453 e. The first-order valence-electron chi connectivity index (χ1n) is 7.82. The highest BCUT2D eigenvalue weighted by Gasteiger charge is 2.37. The quantitative estimate of drug-likeness (QED) is 0.568. The van der Waals surface area contributed by atoms with E-state index < -0.39 is 12.0 Å². The Morgan fingerprint density at radius 2 is 2.08 bits per heavy atom. The Bertz CT molecular complexity index is 828. The predicted molar refractivity (Wildman–Crippen MR) is 93.3 cm³/mol. The third-order valence-electron chi connectivity index (χ3n) is 3.37. The Labute approximate surface area is 153 Å². The first kappa shape index (κ1) is 20.0. The molecule has 1 aromatic heterocycles. The number of halogens is 3. The monoisotopic (exact) mass is 388 g/mol. The van der Waals surface area contributed by atoms with Crippen molar-refractivity contribution in [3.8, 4) is 11.5 Å². The van der Waals surface area contributed by atoms with E-state index in [1.54, 1.807) is 18.2 Å². The molecular formula is C16H19F3N4O2S. The van der Waals surface area contributed by atoms with E-state index >= 15 is 0 Å². The average molecular weight is 388 g/mol. The number of benzene rings is 1. The Balaban J connectivity index is 2.22. The molecule has 0 bridgehead atoms. The number of H-pyrrole nitrogens is 1. The van der Waals surface area contributed by atoms with Gasteiger partial charge < -0.3 is 9.47 Å². The van der Waals surface area contributed by atoms with E-state index in [2.05, 4.69) is 29.1 Å². The molecule has 0 atom stereocenters. The number of methoxy groups -OCH3 is 1. The van der Waals surface area contributed by atoms with Crippen molar-refractivity contribution in [2.45, 2.75) is 26.4 Å². The molecule has 10 heteroatoms. The maximum atomic E-state index is 12.9. The molecule has 0 aliphatic carbocycles. The minimum Gasteiger partial charge on any atom is -0.493 e. The summed E-state index contributed by atoms with van der Waals surface area (Å²) in [7, 11) is 1.49. The minimum atomic E-state index is -4.67. The van der Waals surface area contributed by atoms with Crippen LogP contribution in [0.5, 0.6) is 11.5 Å². The standard InChI is InChI=1S/C16H19F3N4O2S/c1-10(2)6-7-25-12-5-4-11(8-13(12)24-3)9-20-23-14(16(17,18)19)21-22-15(23)26/h4-5,8-10H,6-7H2,1-3H3,(H,22,26)/b20-9-. The number of aromatic nitrogens is 3. The van der Waals surface area contributed by atoms with E-state index in [4.69, 9.17) is 21.7 Å². The number of alkyl halides is 3. The van der Waals surface area contributed by atoms with Crippen LogP contribution >= 0.6 is 12.2 Å². The van der Waals surface area contributed by atoms with Crippen LogP contribution in [0.1, 0.15) is 31.7 Å². The zero-order chi connectivity index (χ0) is 19.3. The molecule has 0 saturated heterocycles. The van der Waals surface area contributed by atoms with Crippen LogP contribution in [0.2, 0.25) is 0 Å². The lowest BCUT2D eigenvalue weighted by Crippen LogP contribution is -2.12. The van der Waals surface area contributed by atoms with Gasteiger partial charge in [0.25, 0.3) is 5.82 Å². The summed E-state index contributed by atoms with van der Waals surface area (Å²) in [4.78, 5) is 0. The summed E-state index contributed by atoms with van der Waals surface area (Å²) in [6.07, 6.45) is -2.54. The second-order valence-corrected chi connectivity index (χ2v) is 6.23. The van der Waals surface area contributed by atoms with Crippen molar-refractivity contribution in [1.29, 1.82) is 0 Å². The van der Waals surface area contributed by atoms with Crippen molar-refractivity contribution in [1.82, 2.24) is 14.9 Å². The maximum Gasteiger partial charge on any atom is 0.453 e. The molecule has 1 heterocycles. The van der Waals surface area contributed by atoms with E-state index in [0.717, 1.165) is 6.42 Å². The van der Waals surface area contributed by atoms with Crippen molar-refractivity contribution in [3.63, 3.8) is 0 Å². The number of ether oxygens (including phenoxy) is 2. The van der Waals surface area contributed by atoms with Gasteiger partial charge in [-0.15, -0.1) is 5.10 Å². The first-order chi connectivity index (χ1) is 12.2. The number of nitrogens with zero attached hydrogens (tertiary/aromatic N) is 3. The summed E-state index contributed by atoms with van der Waals surface area (Å²) in [6, 6.07) is 4.96. The molecule has 26 heavy (non-hydrogen) atoms. The van der Waals surface area contributed by atoms with E-state index in [1.165, 1.54) is 13.3 Å². The summed E-state index contributed by atoms with van der Waals surface area (Å²) < 4.78 is 49.8. The van der Waals surface area contributed by atoms with Gasteiger partial charge in [0.2, 0.25) is 4.77 Å². The van der Waals surface area contributed by atoms with Crippen molar-refractivity contribution >= 4 is 18.4 Å². The van der Waals surface area contributed by atoms with Gasteiger partial charge in [-0.2, -0.15) is 22.9 Å². The van der Waals surface area contributed by atoms with Gasteiger partial charge in [0, 0.05) is 0 Å². The molecule has 2 aromatic rings. The molecule has 6 nitrogen and oxygen atoms in total. The van der Waals surface area contributed by atoms with E-state index in [0.29, 0.717) is 34.3 Å². The van der Waals surface area contributed by atoms with Crippen LogP contribution in [-0.2, 0) is 6.18 Å². The number of hydrogen-bond donors (Lipinski definition) is 1. The zero-order valence-corrected chi connectivity index (χ0v) is 15.3. The Morgan fingerprint density at radius 3 is 2.69 bits per heavy atom. The fraction of sp³-hybridized carbons (Fsp3) is 0.438. The van der Waals surface area contributed by atoms with Crippen LogP contribution in [0.4, 0.5) is 13.2 Å². The largest absolute Gasteiger partial charge is 0.493 e. The zero-order valence-electron chi connectivity index (χ0n) is 14.5. The van der Waals surface area contributed by atoms with Crippen LogP contribution in [-0.4, -0.2) is 34.8 Å². The molecular weight excluding hydrogens is 369 g/mol. The Morgan fingerprint density at radius 1 is 1.35 bits per heavy atom. The van der Waals surface area contributed by atoms with Gasteiger partial charge in [-0.25, -0.2) is 5.10 Å². The number of nitrogens with one attached hydrogen (secondary N) is 1. The molecule has 0 aliphatic heterocycles. The first-order valence-corrected chi connectivity index (χ1v) is 8.23. The van der Waals surface area contributed by atoms with Gasteiger partial charge in [0.05, 0.1) is 19.9 Å². The third kappa shape index (κ3) is 5.07. The average Bonchev–Trinajstić information content (AvgIpc) is 2.94. The van der Waals surface area contributed by atoms with Crippen molar-refractivity contribution < 1.29 is 22.6 Å². The van der Waals surface area contributed by atoms with Crippen LogP contribution in [0, 0.1) is 10.7 Å². The van der Waals surface area contributed by atoms with Gasteiger partial charge in [-0.1, -0.05) is 13.8 Å². The molecule has 1 aromatic carbocycles. The summed E-state index contributed by atoms with van der Waals surface area (Å²) in [5.41, 5.74) is 0.522. The lowest BCUT2D eigenvalue weighted by atomic mass is 10.1. The van der Waals surface area contributed by atoms with Gasteiger partial charge >= 0.3 is 6.18 Å². The van der Waals surface area contributed by atoms with Gasteiger partial charge in [-0.3, -0.25) is 0 Å². The molecule has 0 saturated carbocycles. The minimum absolute atomic E-state index is 0.255. The molecule has 0 aliphatic rings. The molecule has 0 radical (unpaired) electrons. The lowest BCUT2D eigenvalue weighted by Gasteiger charge is -2.12. The molecule has 0 spiro atoms. The van der Waals surface area contributed by atoms with Crippen molar-refractivity contribution in [2.75, 3.05) is 13.7 Å². The fourth-order valence-electron chi connectivity index (χ4n) is 1.99. The summed E-state index contributed by atoms with van der Waals surface area (Å²) in [6.45, 7) is 4.73. The Hall–Kier alpha value is -2.36. The van der Waals surface area contributed by atoms with Gasteiger partial charge in [-0.05, 0) is 48.3 Å². The van der Waals surface area contributed by atoms with Crippen molar-refractivity contribution in [2.24, 2.45) is 11.0 Å². The van der Waals surface area contributed by atoms with Crippen LogP contribution in [0.3, 0.4) is 0 Å². The highest BCUT2D eigenvalue weighted by atomic mass is 32.1. The second kappa shape index (κ2) is 8.35.